The second-order valence-electron chi connectivity index (χ2n) is 4.68. The molecule has 0 saturated heterocycles. The Labute approximate surface area is 113 Å². The third-order valence-corrected chi connectivity index (χ3v) is 3.19. The first-order valence-corrected chi connectivity index (χ1v) is 6.30. The Morgan fingerprint density at radius 1 is 1.16 bits per heavy atom. The summed E-state index contributed by atoms with van der Waals surface area (Å²) in [6.07, 6.45) is 0. The van der Waals surface area contributed by atoms with Crippen LogP contribution >= 0.6 is 0 Å². The first-order valence-electron chi connectivity index (χ1n) is 6.30. The molecular formula is C16H18N2O. The topological polar surface area (TPSA) is 55.1 Å². The molecule has 1 unspecified atom stereocenters. The molecule has 0 bridgehead atoms. The summed E-state index contributed by atoms with van der Waals surface area (Å²) in [6.45, 7) is 3.88. The van der Waals surface area contributed by atoms with Crippen molar-refractivity contribution in [2.75, 3.05) is 5.73 Å². The van der Waals surface area contributed by atoms with Crippen LogP contribution in [0.4, 0.5) is 5.69 Å². The number of aryl methyl sites for hydroxylation is 1. The van der Waals surface area contributed by atoms with E-state index in [1.165, 1.54) is 0 Å². The maximum atomic E-state index is 12.1. The molecule has 3 N–H and O–H groups in total. The van der Waals surface area contributed by atoms with Gasteiger partial charge in [0, 0.05) is 11.3 Å². The van der Waals surface area contributed by atoms with Gasteiger partial charge in [0.05, 0.1) is 6.04 Å². The van der Waals surface area contributed by atoms with Crippen LogP contribution in [-0.4, -0.2) is 5.91 Å². The molecule has 0 heterocycles. The van der Waals surface area contributed by atoms with Crippen molar-refractivity contribution in [3.05, 3.63) is 65.2 Å². The van der Waals surface area contributed by atoms with Gasteiger partial charge in [-0.15, -0.1) is 0 Å². The summed E-state index contributed by atoms with van der Waals surface area (Å²) in [5.74, 6) is -0.108. The predicted octanol–water partition coefficient (Wildman–Crippen LogP) is 3.07. The van der Waals surface area contributed by atoms with Crippen LogP contribution in [0.15, 0.2) is 48.5 Å². The van der Waals surface area contributed by atoms with E-state index in [1.807, 2.05) is 50.2 Å². The van der Waals surface area contributed by atoms with Crippen LogP contribution < -0.4 is 11.1 Å². The highest BCUT2D eigenvalue weighted by Gasteiger charge is 2.11. The average Bonchev–Trinajstić information content (AvgIpc) is 2.42. The summed E-state index contributed by atoms with van der Waals surface area (Å²) < 4.78 is 0. The van der Waals surface area contributed by atoms with Crippen molar-refractivity contribution < 1.29 is 4.79 Å². The highest BCUT2D eigenvalue weighted by Crippen LogP contribution is 2.15. The van der Waals surface area contributed by atoms with Gasteiger partial charge in [-0.05, 0) is 37.1 Å². The lowest BCUT2D eigenvalue weighted by molar-refractivity contribution is 0.0940. The molecule has 2 aromatic rings. The van der Waals surface area contributed by atoms with Gasteiger partial charge in [-0.1, -0.05) is 36.4 Å². The number of anilines is 1. The van der Waals surface area contributed by atoms with Crippen molar-refractivity contribution in [3.63, 3.8) is 0 Å². The molecule has 2 aromatic carbocycles. The van der Waals surface area contributed by atoms with Crippen LogP contribution in [0.3, 0.4) is 0 Å². The molecule has 1 atom stereocenters. The Balaban J connectivity index is 2.11. The van der Waals surface area contributed by atoms with Crippen LogP contribution in [0.1, 0.15) is 34.5 Å². The number of nitrogens with one attached hydrogen (secondary N) is 1. The van der Waals surface area contributed by atoms with Crippen molar-refractivity contribution in [2.24, 2.45) is 0 Å². The minimum Gasteiger partial charge on any atom is -0.398 e. The summed E-state index contributed by atoms with van der Waals surface area (Å²) in [5.41, 5.74) is 9.11. The predicted molar refractivity (Wildman–Crippen MR) is 77.9 cm³/mol. The lowest BCUT2D eigenvalue weighted by Crippen LogP contribution is -2.26. The number of hydrogen-bond donors (Lipinski definition) is 2. The lowest BCUT2D eigenvalue weighted by atomic mass is 10.1. The summed E-state index contributed by atoms with van der Waals surface area (Å²) >= 11 is 0. The molecular weight excluding hydrogens is 236 g/mol. The van der Waals surface area contributed by atoms with E-state index in [0.29, 0.717) is 11.3 Å². The fourth-order valence-corrected chi connectivity index (χ4v) is 1.89. The second kappa shape index (κ2) is 5.57. The number of benzene rings is 2. The van der Waals surface area contributed by atoms with E-state index < -0.39 is 0 Å². The molecule has 3 nitrogen and oxygen atoms in total. The molecule has 0 aromatic heterocycles. The average molecular weight is 254 g/mol. The van der Waals surface area contributed by atoms with E-state index in [1.54, 1.807) is 12.1 Å². The van der Waals surface area contributed by atoms with E-state index in [4.69, 9.17) is 5.73 Å². The van der Waals surface area contributed by atoms with Gasteiger partial charge in [-0.3, -0.25) is 4.79 Å². The molecule has 0 aliphatic carbocycles. The first-order chi connectivity index (χ1) is 9.08. The lowest BCUT2D eigenvalue weighted by Gasteiger charge is -2.14. The van der Waals surface area contributed by atoms with Gasteiger partial charge in [0.25, 0.3) is 5.91 Å². The molecule has 0 aliphatic rings. The smallest absolute Gasteiger partial charge is 0.251 e. The van der Waals surface area contributed by atoms with Crippen molar-refractivity contribution in [2.45, 2.75) is 19.9 Å². The van der Waals surface area contributed by atoms with Crippen molar-refractivity contribution >= 4 is 11.6 Å². The monoisotopic (exact) mass is 254 g/mol. The fourth-order valence-electron chi connectivity index (χ4n) is 1.89. The minimum atomic E-state index is -0.108. The van der Waals surface area contributed by atoms with Gasteiger partial charge >= 0.3 is 0 Å². The summed E-state index contributed by atoms with van der Waals surface area (Å²) in [7, 11) is 0. The van der Waals surface area contributed by atoms with Crippen molar-refractivity contribution in [3.8, 4) is 0 Å². The largest absolute Gasteiger partial charge is 0.398 e. The third-order valence-electron chi connectivity index (χ3n) is 3.19. The Kier molecular flexibility index (Phi) is 3.85. The van der Waals surface area contributed by atoms with E-state index in [9.17, 15) is 4.79 Å². The zero-order chi connectivity index (χ0) is 13.8. The SMILES string of the molecule is Cc1ccc(C(=O)NC(C)c2ccccc2)cc1N. The number of rotatable bonds is 3. The maximum absolute atomic E-state index is 12.1. The minimum absolute atomic E-state index is 0.0313. The Bertz CT molecular complexity index is 579. The molecule has 0 spiro atoms. The van der Waals surface area contributed by atoms with Gasteiger partial charge in [-0.25, -0.2) is 0 Å². The van der Waals surface area contributed by atoms with Crippen LogP contribution in [0, 0.1) is 6.92 Å². The Morgan fingerprint density at radius 2 is 1.84 bits per heavy atom. The fraction of sp³-hybridized carbons (Fsp3) is 0.188. The van der Waals surface area contributed by atoms with E-state index in [2.05, 4.69) is 5.32 Å². The van der Waals surface area contributed by atoms with Crippen LogP contribution in [0.2, 0.25) is 0 Å². The zero-order valence-corrected chi connectivity index (χ0v) is 11.2. The summed E-state index contributed by atoms with van der Waals surface area (Å²) in [6, 6.07) is 15.2. The molecule has 0 radical (unpaired) electrons. The molecule has 2 rings (SSSR count). The van der Waals surface area contributed by atoms with Crippen molar-refractivity contribution in [1.29, 1.82) is 0 Å². The molecule has 0 aliphatic heterocycles. The van der Waals surface area contributed by atoms with Gasteiger partial charge in [-0.2, -0.15) is 0 Å². The van der Waals surface area contributed by atoms with Gasteiger partial charge in [0.15, 0.2) is 0 Å². The van der Waals surface area contributed by atoms with Gasteiger partial charge in [0.1, 0.15) is 0 Å². The number of amides is 1. The van der Waals surface area contributed by atoms with Crippen LogP contribution in [-0.2, 0) is 0 Å². The first kappa shape index (κ1) is 13.1. The van der Waals surface area contributed by atoms with Crippen LogP contribution in [0.25, 0.3) is 0 Å². The van der Waals surface area contributed by atoms with E-state index >= 15 is 0 Å². The standard InChI is InChI=1S/C16H18N2O/c1-11-8-9-14(10-15(11)17)16(19)18-12(2)13-6-4-3-5-7-13/h3-10,12H,17H2,1-2H3,(H,18,19). The summed E-state index contributed by atoms with van der Waals surface area (Å²) in [5, 5.41) is 2.96. The molecule has 0 saturated carbocycles. The van der Waals surface area contributed by atoms with E-state index in [-0.39, 0.29) is 11.9 Å². The molecule has 19 heavy (non-hydrogen) atoms. The quantitative estimate of drug-likeness (QED) is 0.827. The number of carbonyl (C=O) groups excluding carboxylic acids is 1. The molecule has 98 valence electrons. The highest BCUT2D eigenvalue weighted by molar-refractivity contribution is 5.95. The number of nitrogen functional groups attached to an aromatic ring is 1. The molecule has 1 amide bonds. The summed E-state index contributed by atoms with van der Waals surface area (Å²) in [4.78, 5) is 12.1. The Morgan fingerprint density at radius 3 is 2.47 bits per heavy atom. The maximum Gasteiger partial charge on any atom is 0.251 e. The Hall–Kier alpha value is -2.29. The third kappa shape index (κ3) is 3.13. The van der Waals surface area contributed by atoms with Gasteiger partial charge in [0.2, 0.25) is 0 Å². The highest BCUT2D eigenvalue weighted by atomic mass is 16.1. The normalized spacial score (nSPS) is 11.9. The van der Waals surface area contributed by atoms with Crippen LogP contribution in [0.5, 0.6) is 0 Å². The van der Waals surface area contributed by atoms with Crippen molar-refractivity contribution in [1.82, 2.24) is 5.32 Å². The number of hydrogen-bond acceptors (Lipinski definition) is 2. The van der Waals surface area contributed by atoms with E-state index in [0.717, 1.165) is 11.1 Å². The number of nitrogens with two attached hydrogens (primary N) is 1. The molecule has 3 heteroatoms. The second-order valence-corrected chi connectivity index (χ2v) is 4.68. The number of carbonyl (C=O) groups is 1. The molecule has 0 fully saturated rings. The van der Waals surface area contributed by atoms with Gasteiger partial charge < -0.3 is 11.1 Å². The zero-order valence-electron chi connectivity index (χ0n) is 11.2.